The van der Waals surface area contributed by atoms with Crippen LogP contribution in [0.1, 0.15) is 36.4 Å². The van der Waals surface area contributed by atoms with Gasteiger partial charge in [-0.15, -0.1) is 0 Å². The fourth-order valence-electron chi connectivity index (χ4n) is 3.11. The molecule has 0 radical (unpaired) electrons. The minimum Gasteiger partial charge on any atom is -0.477 e. The highest BCUT2D eigenvalue weighted by Gasteiger charge is 2.33. The molecular weight excluding hydrogens is 392 g/mol. The maximum atomic E-state index is 12.5. The van der Waals surface area contributed by atoms with E-state index in [0.717, 1.165) is 16.9 Å². The normalized spacial score (nSPS) is 22.8. The van der Waals surface area contributed by atoms with Gasteiger partial charge in [0.1, 0.15) is 15.7 Å². The molecule has 0 aromatic carbocycles. The summed E-state index contributed by atoms with van der Waals surface area (Å²) in [5.74, 6) is -1.21. The third-order valence-electron chi connectivity index (χ3n) is 4.51. The van der Waals surface area contributed by atoms with Gasteiger partial charge < -0.3 is 20.1 Å². The molecule has 1 aromatic heterocycles. The number of rotatable bonds is 6. The predicted octanol–water partition coefficient (Wildman–Crippen LogP) is 2.26. The van der Waals surface area contributed by atoms with Crippen LogP contribution in [-0.4, -0.2) is 59.5 Å². The molecule has 2 aliphatic heterocycles. The number of carboxylic acid groups (broad SMARTS) is 1. The number of aromatic nitrogens is 1. The second kappa shape index (κ2) is 8.37. The largest absolute Gasteiger partial charge is 0.477 e. The molecule has 3 heterocycles. The van der Waals surface area contributed by atoms with Crippen molar-refractivity contribution in [3.63, 3.8) is 0 Å². The molecule has 1 saturated heterocycles. The fourth-order valence-corrected chi connectivity index (χ4v) is 4.07. The minimum absolute atomic E-state index is 0.157. The maximum Gasteiger partial charge on any atom is 0.347 e. The second-order valence-corrected chi connectivity index (χ2v) is 7.79. The first kappa shape index (κ1) is 19.8. The molecule has 27 heavy (non-hydrogen) atoms. The van der Waals surface area contributed by atoms with Crippen LogP contribution in [0.4, 0.5) is 5.13 Å². The van der Waals surface area contributed by atoms with Crippen molar-refractivity contribution in [2.45, 2.75) is 38.8 Å². The first-order valence-corrected chi connectivity index (χ1v) is 9.87. The molecule has 1 aromatic rings. The lowest BCUT2D eigenvalue weighted by Gasteiger charge is -2.38. The van der Waals surface area contributed by atoms with E-state index < -0.39 is 5.97 Å². The topological polar surface area (TPSA) is 104 Å². The van der Waals surface area contributed by atoms with Crippen LogP contribution in [0, 0.1) is 0 Å². The highest BCUT2D eigenvalue weighted by Crippen LogP contribution is 2.27. The molecule has 3 rings (SSSR count). The standard InChI is InChI=1S/C17H21ClN4O4S/c1-3-26-12-8-22(17-19-7-13(27-17)16(24)25)5-4-10(12)21-15(23)11-6-9(2)14(18)20-11/h7,10,12H,3-6,8H2,1-2H3,(H,21,23)(H,24,25)/t10-,12+/m1/s1. The molecule has 10 heteroatoms. The van der Waals surface area contributed by atoms with Crippen molar-refractivity contribution in [2.75, 3.05) is 24.6 Å². The van der Waals surface area contributed by atoms with Crippen LogP contribution in [0.25, 0.3) is 0 Å². The van der Waals surface area contributed by atoms with Gasteiger partial charge in [-0.2, -0.15) is 0 Å². The lowest BCUT2D eigenvalue weighted by atomic mass is 10.0. The van der Waals surface area contributed by atoms with Crippen LogP contribution >= 0.6 is 22.9 Å². The summed E-state index contributed by atoms with van der Waals surface area (Å²) >= 11 is 7.10. The molecule has 0 aliphatic carbocycles. The highest BCUT2D eigenvalue weighted by molar-refractivity contribution is 7.17. The van der Waals surface area contributed by atoms with Crippen molar-refractivity contribution in [2.24, 2.45) is 4.99 Å². The van der Waals surface area contributed by atoms with Gasteiger partial charge >= 0.3 is 5.97 Å². The summed E-state index contributed by atoms with van der Waals surface area (Å²) in [6.07, 6.45) is 2.26. The molecule has 0 saturated carbocycles. The van der Waals surface area contributed by atoms with E-state index in [-0.39, 0.29) is 22.9 Å². The van der Waals surface area contributed by atoms with Gasteiger partial charge in [-0.1, -0.05) is 22.9 Å². The summed E-state index contributed by atoms with van der Waals surface area (Å²) in [5, 5.41) is 13.1. The van der Waals surface area contributed by atoms with Crippen LogP contribution in [0.15, 0.2) is 21.9 Å². The summed E-state index contributed by atoms with van der Waals surface area (Å²) in [6.45, 7) is 5.43. The molecule has 1 amide bonds. The van der Waals surface area contributed by atoms with Crippen molar-refractivity contribution >= 4 is 45.7 Å². The van der Waals surface area contributed by atoms with Gasteiger partial charge in [0.15, 0.2) is 5.13 Å². The number of aliphatic imine (C=N–C) groups is 1. The Labute approximate surface area is 165 Å². The number of ether oxygens (including phenoxy) is 1. The Morgan fingerprint density at radius 3 is 2.89 bits per heavy atom. The number of halogens is 1. The molecular formula is C17H21ClN4O4S. The van der Waals surface area contributed by atoms with Gasteiger partial charge in [-0.05, 0) is 25.8 Å². The van der Waals surface area contributed by atoms with E-state index >= 15 is 0 Å². The van der Waals surface area contributed by atoms with Gasteiger partial charge in [0.25, 0.3) is 5.91 Å². The number of carbonyl (C=O) groups excluding carboxylic acids is 1. The number of thiazole rings is 1. The Kier molecular flexibility index (Phi) is 6.13. The number of aromatic carboxylic acids is 1. The number of hydrogen-bond acceptors (Lipinski definition) is 7. The lowest BCUT2D eigenvalue weighted by molar-refractivity contribution is -0.117. The molecule has 2 atom stereocenters. The highest BCUT2D eigenvalue weighted by atomic mass is 35.5. The third kappa shape index (κ3) is 4.48. The molecule has 2 N–H and O–H groups in total. The zero-order valence-corrected chi connectivity index (χ0v) is 16.6. The average Bonchev–Trinajstić information content (AvgIpc) is 3.24. The van der Waals surface area contributed by atoms with E-state index in [0.29, 0.717) is 48.5 Å². The molecule has 0 unspecified atom stereocenters. The van der Waals surface area contributed by atoms with E-state index in [1.807, 2.05) is 18.7 Å². The number of anilines is 1. The van der Waals surface area contributed by atoms with Crippen molar-refractivity contribution < 1.29 is 19.4 Å². The van der Waals surface area contributed by atoms with Crippen molar-refractivity contribution in [3.8, 4) is 0 Å². The predicted molar refractivity (Wildman–Crippen MR) is 104 cm³/mol. The zero-order chi connectivity index (χ0) is 19.6. The number of nitrogens with zero attached hydrogens (tertiary/aromatic N) is 3. The van der Waals surface area contributed by atoms with E-state index in [1.54, 1.807) is 0 Å². The number of allylic oxidation sites excluding steroid dienone is 1. The first-order valence-electron chi connectivity index (χ1n) is 8.68. The smallest absolute Gasteiger partial charge is 0.347 e. The van der Waals surface area contributed by atoms with Crippen LogP contribution in [0.2, 0.25) is 0 Å². The molecule has 1 fully saturated rings. The Balaban J connectivity index is 1.65. The number of hydrogen-bond donors (Lipinski definition) is 2. The number of amides is 1. The quantitative estimate of drug-likeness (QED) is 0.694. The monoisotopic (exact) mass is 412 g/mol. The summed E-state index contributed by atoms with van der Waals surface area (Å²) in [7, 11) is 0. The molecule has 8 nitrogen and oxygen atoms in total. The van der Waals surface area contributed by atoms with Crippen LogP contribution in [0.3, 0.4) is 0 Å². The van der Waals surface area contributed by atoms with E-state index in [1.165, 1.54) is 6.20 Å². The average molecular weight is 413 g/mol. The Bertz CT molecular complexity index is 807. The van der Waals surface area contributed by atoms with Crippen molar-refractivity contribution in [3.05, 3.63) is 21.8 Å². The van der Waals surface area contributed by atoms with Crippen LogP contribution in [0.5, 0.6) is 0 Å². The SMILES string of the molecule is CCO[C@H]1CN(c2ncc(C(=O)O)s2)CC[C@H]1NC(=O)C1=NC(Cl)=C(C)C1. The Morgan fingerprint density at radius 1 is 1.52 bits per heavy atom. The molecule has 0 spiro atoms. The summed E-state index contributed by atoms with van der Waals surface area (Å²) < 4.78 is 5.83. The van der Waals surface area contributed by atoms with E-state index in [4.69, 9.17) is 21.4 Å². The van der Waals surface area contributed by atoms with Gasteiger partial charge in [0, 0.05) is 26.1 Å². The molecule has 0 bridgehead atoms. The number of carbonyl (C=O) groups is 2. The first-order chi connectivity index (χ1) is 12.9. The van der Waals surface area contributed by atoms with Gasteiger partial charge in [0.2, 0.25) is 0 Å². The number of nitrogens with one attached hydrogen (secondary N) is 1. The van der Waals surface area contributed by atoms with E-state index in [9.17, 15) is 9.59 Å². The van der Waals surface area contributed by atoms with Crippen molar-refractivity contribution in [1.82, 2.24) is 10.3 Å². The van der Waals surface area contributed by atoms with Crippen LogP contribution in [-0.2, 0) is 9.53 Å². The number of carboxylic acids is 1. The Morgan fingerprint density at radius 2 is 2.30 bits per heavy atom. The van der Waals surface area contributed by atoms with Crippen LogP contribution < -0.4 is 10.2 Å². The lowest BCUT2D eigenvalue weighted by Crippen LogP contribution is -2.56. The second-order valence-electron chi connectivity index (χ2n) is 6.43. The fraction of sp³-hybridized carbons (Fsp3) is 0.529. The van der Waals surface area contributed by atoms with Crippen molar-refractivity contribution in [1.29, 1.82) is 0 Å². The Hall–Kier alpha value is -1.97. The number of piperidine rings is 1. The molecule has 2 aliphatic rings. The zero-order valence-electron chi connectivity index (χ0n) is 15.1. The van der Waals surface area contributed by atoms with Gasteiger partial charge in [0.05, 0.1) is 18.3 Å². The summed E-state index contributed by atoms with van der Waals surface area (Å²) in [6, 6.07) is -0.157. The maximum absolute atomic E-state index is 12.5. The minimum atomic E-state index is -0.984. The summed E-state index contributed by atoms with van der Waals surface area (Å²) in [4.78, 5) is 34.1. The summed E-state index contributed by atoms with van der Waals surface area (Å²) in [5.41, 5.74) is 1.30. The third-order valence-corrected chi connectivity index (χ3v) is 5.96. The van der Waals surface area contributed by atoms with E-state index in [2.05, 4.69) is 15.3 Å². The van der Waals surface area contributed by atoms with Gasteiger partial charge in [-0.3, -0.25) is 4.79 Å². The molecule has 146 valence electrons. The van der Waals surface area contributed by atoms with Gasteiger partial charge in [-0.25, -0.2) is 14.8 Å².